The SMILES string of the molecule is CCCNCC(C)C(C)N(C)CC(C)(C)C. The second-order valence-corrected chi connectivity index (χ2v) is 6.40. The standard InChI is InChI=1S/C14H32N2/c1-8-9-15-10-12(2)13(3)16(7)11-14(4,5)6/h12-13,15H,8-11H2,1-7H3. The van der Waals surface area contributed by atoms with E-state index in [0.717, 1.165) is 19.6 Å². The number of nitrogens with one attached hydrogen (secondary N) is 1. The molecular formula is C14H32N2. The van der Waals surface area contributed by atoms with Crippen LogP contribution in [0.3, 0.4) is 0 Å². The highest BCUT2D eigenvalue weighted by atomic mass is 15.1. The predicted molar refractivity (Wildman–Crippen MR) is 73.9 cm³/mol. The van der Waals surface area contributed by atoms with Crippen LogP contribution in [0.1, 0.15) is 48.0 Å². The first-order valence-corrected chi connectivity index (χ1v) is 6.69. The van der Waals surface area contributed by atoms with Crippen molar-refractivity contribution >= 4 is 0 Å². The molecule has 16 heavy (non-hydrogen) atoms. The van der Waals surface area contributed by atoms with Gasteiger partial charge in [-0.1, -0.05) is 34.6 Å². The molecule has 98 valence electrons. The molecule has 0 heterocycles. The van der Waals surface area contributed by atoms with Crippen molar-refractivity contribution in [3.05, 3.63) is 0 Å². The fraction of sp³-hybridized carbons (Fsp3) is 1.00. The van der Waals surface area contributed by atoms with Gasteiger partial charge in [0.15, 0.2) is 0 Å². The van der Waals surface area contributed by atoms with Gasteiger partial charge in [0.25, 0.3) is 0 Å². The molecule has 1 N–H and O–H groups in total. The van der Waals surface area contributed by atoms with E-state index in [4.69, 9.17) is 0 Å². The molecule has 0 amide bonds. The maximum atomic E-state index is 3.51. The molecule has 0 aliphatic heterocycles. The summed E-state index contributed by atoms with van der Waals surface area (Å²) in [4.78, 5) is 2.48. The summed E-state index contributed by atoms with van der Waals surface area (Å²) >= 11 is 0. The molecule has 0 saturated heterocycles. The van der Waals surface area contributed by atoms with Crippen molar-refractivity contribution in [1.29, 1.82) is 0 Å². The quantitative estimate of drug-likeness (QED) is 0.674. The van der Waals surface area contributed by atoms with E-state index in [0.29, 0.717) is 17.4 Å². The Morgan fingerprint density at radius 1 is 1.19 bits per heavy atom. The Kier molecular flexibility index (Phi) is 7.25. The molecule has 0 radical (unpaired) electrons. The Labute approximate surface area is 103 Å². The van der Waals surface area contributed by atoms with Crippen LogP contribution in [0.15, 0.2) is 0 Å². The van der Waals surface area contributed by atoms with Gasteiger partial charge in [-0.25, -0.2) is 0 Å². The second kappa shape index (κ2) is 7.29. The molecular weight excluding hydrogens is 196 g/mol. The van der Waals surface area contributed by atoms with Gasteiger partial charge in [0.2, 0.25) is 0 Å². The molecule has 2 heteroatoms. The number of rotatable bonds is 7. The maximum absolute atomic E-state index is 3.51. The van der Waals surface area contributed by atoms with E-state index in [-0.39, 0.29) is 0 Å². The zero-order chi connectivity index (χ0) is 12.8. The van der Waals surface area contributed by atoms with Crippen molar-refractivity contribution in [3.8, 4) is 0 Å². The molecule has 0 aromatic heterocycles. The van der Waals surface area contributed by atoms with E-state index in [9.17, 15) is 0 Å². The Hall–Kier alpha value is -0.0800. The number of hydrogen-bond donors (Lipinski definition) is 1. The summed E-state index contributed by atoms with van der Waals surface area (Å²) in [6.45, 7) is 17.2. The molecule has 0 aromatic carbocycles. The second-order valence-electron chi connectivity index (χ2n) is 6.40. The molecule has 0 aliphatic rings. The lowest BCUT2D eigenvalue weighted by atomic mass is 9.94. The van der Waals surface area contributed by atoms with E-state index in [1.807, 2.05) is 0 Å². The van der Waals surface area contributed by atoms with E-state index in [1.54, 1.807) is 0 Å². The van der Waals surface area contributed by atoms with E-state index in [1.165, 1.54) is 6.42 Å². The third-order valence-corrected chi connectivity index (χ3v) is 3.14. The molecule has 0 saturated carbocycles. The van der Waals surface area contributed by atoms with Crippen LogP contribution in [0.5, 0.6) is 0 Å². The molecule has 0 rings (SSSR count). The third-order valence-electron chi connectivity index (χ3n) is 3.14. The minimum atomic E-state index is 0.388. The van der Waals surface area contributed by atoms with Gasteiger partial charge in [0, 0.05) is 12.6 Å². The zero-order valence-electron chi connectivity index (χ0n) is 12.4. The van der Waals surface area contributed by atoms with E-state index >= 15 is 0 Å². The largest absolute Gasteiger partial charge is 0.316 e. The minimum absolute atomic E-state index is 0.388. The number of hydrogen-bond acceptors (Lipinski definition) is 2. The van der Waals surface area contributed by atoms with E-state index < -0.39 is 0 Å². The Morgan fingerprint density at radius 3 is 2.19 bits per heavy atom. The summed E-state index contributed by atoms with van der Waals surface area (Å²) in [6.07, 6.45) is 1.22. The van der Waals surface area contributed by atoms with Gasteiger partial charge >= 0.3 is 0 Å². The van der Waals surface area contributed by atoms with Crippen molar-refractivity contribution in [1.82, 2.24) is 10.2 Å². The maximum Gasteiger partial charge on any atom is 0.0102 e. The van der Waals surface area contributed by atoms with Crippen molar-refractivity contribution in [2.24, 2.45) is 11.3 Å². The smallest absolute Gasteiger partial charge is 0.0102 e. The highest BCUT2D eigenvalue weighted by Gasteiger charge is 2.21. The van der Waals surface area contributed by atoms with E-state index in [2.05, 4.69) is 58.8 Å². The molecule has 0 spiro atoms. The Bertz CT molecular complexity index is 172. The van der Waals surface area contributed by atoms with Gasteiger partial charge in [-0.3, -0.25) is 0 Å². The fourth-order valence-electron chi connectivity index (χ4n) is 2.00. The minimum Gasteiger partial charge on any atom is -0.316 e. The zero-order valence-corrected chi connectivity index (χ0v) is 12.4. The summed E-state index contributed by atoms with van der Waals surface area (Å²) in [5, 5.41) is 3.51. The lowest BCUT2D eigenvalue weighted by Crippen LogP contribution is -2.42. The average molecular weight is 228 g/mol. The van der Waals surface area contributed by atoms with Crippen molar-refractivity contribution in [2.45, 2.75) is 54.0 Å². The normalized spacial score (nSPS) is 16.5. The molecule has 2 unspecified atom stereocenters. The monoisotopic (exact) mass is 228 g/mol. The van der Waals surface area contributed by atoms with Crippen LogP contribution < -0.4 is 5.32 Å². The topological polar surface area (TPSA) is 15.3 Å². The van der Waals surface area contributed by atoms with Gasteiger partial charge in [-0.05, 0) is 44.8 Å². The average Bonchev–Trinajstić information content (AvgIpc) is 2.14. The van der Waals surface area contributed by atoms with Crippen molar-refractivity contribution in [3.63, 3.8) is 0 Å². The molecule has 0 aliphatic carbocycles. The number of nitrogens with zero attached hydrogens (tertiary/aromatic N) is 1. The summed E-state index contributed by atoms with van der Waals surface area (Å²) in [7, 11) is 2.24. The van der Waals surface area contributed by atoms with Gasteiger partial charge in [-0.2, -0.15) is 0 Å². The summed E-state index contributed by atoms with van der Waals surface area (Å²) in [5.41, 5.74) is 0.388. The molecule has 2 nitrogen and oxygen atoms in total. The van der Waals surface area contributed by atoms with Crippen LogP contribution in [0.4, 0.5) is 0 Å². The first-order chi connectivity index (χ1) is 7.28. The Morgan fingerprint density at radius 2 is 1.75 bits per heavy atom. The van der Waals surface area contributed by atoms with Gasteiger partial charge in [0.1, 0.15) is 0 Å². The predicted octanol–water partition coefficient (Wildman–Crippen LogP) is 2.99. The van der Waals surface area contributed by atoms with Crippen LogP contribution in [0.2, 0.25) is 0 Å². The molecule has 0 fully saturated rings. The summed E-state index contributed by atoms with van der Waals surface area (Å²) in [6, 6.07) is 0.642. The van der Waals surface area contributed by atoms with Gasteiger partial charge in [0.05, 0.1) is 0 Å². The van der Waals surface area contributed by atoms with Crippen molar-refractivity contribution in [2.75, 3.05) is 26.7 Å². The first kappa shape index (κ1) is 15.9. The van der Waals surface area contributed by atoms with Crippen molar-refractivity contribution < 1.29 is 0 Å². The molecule has 0 bridgehead atoms. The third kappa shape index (κ3) is 7.24. The summed E-state index contributed by atoms with van der Waals surface area (Å²) < 4.78 is 0. The van der Waals surface area contributed by atoms with Crippen LogP contribution in [-0.2, 0) is 0 Å². The van der Waals surface area contributed by atoms with Crippen LogP contribution in [-0.4, -0.2) is 37.6 Å². The van der Waals surface area contributed by atoms with Gasteiger partial charge in [-0.15, -0.1) is 0 Å². The van der Waals surface area contributed by atoms with Crippen LogP contribution in [0.25, 0.3) is 0 Å². The summed E-state index contributed by atoms with van der Waals surface area (Å²) in [5.74, 6) is 0.707. The van der Waals surface area contributed by atoms with Gasteiger partial charge < -0.3 is 10.2 Å². The van der Waals surface area contributed by atoms with Crippen LogP contribution >= 0.6 is 0 Å². The fourth-order valence-corrected chi connectivity index (χ4v) is 2.00. The lowest BCUT2D eigenvalue weighted by molar-refractivity contribution is 0.144. The van der Waals surface area contributed by atoms with Crippen LogP contribution in [0, 0.1) is 11.3 Å². The highest BCUT2D eigenvalue weighted by molar-refractivity contribution is 4.76. The first-order valence-electron chi connectivity index (χ1n) is 6.69. The highest BCUT2D eigenvalue weighted by Crippen LogP contribution is 2.18. The molecule has 0 aromatic rings. The molecule has 2 atom stereocenters. The lowest BCUT2D eigenvalue weighted by Gasteiger charge is -2.34. The Balaban J connectivity index is 3.96.